The molecule has 0 saturated heterocycles. The quantitative estimate of drug-likeness (QED) is 0.572. The van der Waals surface area contributed by atoms with E-state index in [1.165, 1.54) is 70.0 Å². The number of rotatable bonds is 9. The van der Waals surface area contributed by atoms with Crippen molar-refractivity contribution in [3.8, 4) is 0 Å². The molecule has 4 rings (SSSR count). The Kier molecular flexibility index (Phi) is 7.05. The highest BCUT2D eigenvalue weighted by Gasteiger charge is 2.43. The average Bonchev–Trinajstić information content (AvgIpc) is 3.30. The zero-order chi connectivity index (χ0) is 19.9. The van der Waals surface area contributed by atoms with Crippen molar-refractivity contribution in [3.63, 3.8) is 0 Å². The third-order valence-electron chi connectivity index (χ3n) is 7.22. The normalized spacial score (nSPS) is 22.1. The molecule has 0 aromatic heterocycles. The van der Waals surface area contributed by atoms with Crippen molar-refractivity contribution in [2.45, 2.75) is 70.4 Å². The molecule has 0 spiro atoms. The van der Waals surface area contributed by atoms with E-state index < -0.39 is 0 Å². The van der Waals surface area contributed by atoms with Crippen LogP contribution in [0.25, 0.3) is 0 Å². The summed E-state index contributed by atoms with van der Waals surface area (Å²) in [5, 5.41) is 4.07. The summed E-state index contributed by atoms with van der Waals surface area (Å²) in [6, 6.07) is 20.3. The van der Waals surface area contributed by atoms with Gasteiger partial charge in [0, 0.05) is 18.6 Å². The smallest absolute Gasteiger partial charge is 0.0466 e. The van der Waals surface area contributed by atoms with Gasteiger partial charge < -0.3 is 5.32 Å². The van der Waals surface area contributed by atoms with E-state index in [0.717, 1.165) is 19.0 Å². The van der Waals surface area contributed by atoms with Crippen LogP contribution < -0.4 is 5.32 Å². The Balaban J connectivity index is 1.47. The van der Waals surface area contributed by atoms with Gasteiger partial charge in [-0.3, -0.25) is 4.90 Å². The van der Waals surface area contributed by atoms with Crippen LogP contribution >= 0.6 is 0 Å². The molecule has 29 heavy (non-hydrogen) atoms. The second-order valence-electron chi connectivity index (χ2n) is 9.15. The van der Waals surface area contributed by atoms with Gasteiger partial charge in [-0.15, -0.1) is 0 Å². The first kappa shape index (κ1) is 20.6. The Labute approximate surface area is 177 Å². The molecule has 0 bridgehead atoms. The molecule has 1 unspecified atom stereocenters. The van der Waals surface area contributed by atoms with Crippen LogP contribution in [0.1, 0.15) is 68.6 Å². The van der Waals surface area contributed by atoms with Crippen LogP contribution in [0.2, 0.25) is 0 Å². The fraction of sp³-hybridized carbons (Fsp3) is 0.556. The molecule has 1 fully saturated rings. The van der Waals surface area contributed by atoms with Crippen LogP contribution in [-0.2, 0) is 18.5 Å². The summed E-state index contributed by atoms with van der Waals surface area (Å²) in [6.07, 6.45) is 10.5. The standard InChI is InChI=1S/C27H38N2/c1-2-20-29(22-23-11-4-3-5-12-23)21-10-18-27(25-14-7-8-15-25)26-16-9-6-13-24(26)17-19-28-27/h3-6,9,11-13,16,25,28H,2,7-8,10,14-15,17-22H2,1H3. The molecule has 2 aliphatic rings. The van der Waals surface area contributed by atoms with Gasteiger partial charge in [-0.1, -0.05) is 74.4 Å². The summed E-state index contributed by atoms with van der Waals surface area (Å²) in [7, 11) is 0. The predicted octanol–water partition coefficient (Wildman–Crippen LogP) is 5.91. The van der Waals surface area contributed by atoms with Gasteiger partial charge >= 0.3 is 0 Å². The number of nitrogens with one attached hydrogen (secondary N) is 1. The molecule has 1 atom stereocenters. The van der Waals surface area contributed by atoms with Gasteiger partial charge in [-0.05, 0) is 74.2 Å². The van der Waals surface area contributed by atoms with E-state index >= 15 is 0 Å². The van der Waals surface area contributed by atoms with E-state index in [0.29, 0.717) is 0 Å². The van der Waals surface area contributed by atoms with Gasteiger partial charge in [0.25, 0.3) is 0 Å². The average molecular weight is 391 g/mol. The summed E-state index contributed by atoms with van der Waals surface area (Å²) in [5.41, 5.74) is 4.85. The summed E-state index contributed by atoms with van der Waals surface area (Å²) in [6.45, 7) is 6.90. The molecule has 1 aliphatic carbocycles. The second-order valence-corrected chi connectivity index (χ2v) is 9.15. The summed E-state index contributed by atoms with van der Waals surface area (Å²) >= 11 is 0. The Morgan fingerprint density at radius 2 is 1.72 bits per heavy atom. The molecule has 2 aromatic rings. The minimum Gasteiger partial charge on any atom is -0.307 e. The number of hydrogen-bond donors (Lipinski definition) is 1. The molecule has 1 aliphatic heterocycles. The van der Waals surface area contributed by atoms with E-state index in [9.17, 15) is 0 Å². The molecular formula is C27H38N2. The SMILES string of the molecule is CCCN(CCCC1(C2CCCC2)NCCc2ccccc21)Cc1ccccc1. The maximum absolute atomic E-state index is 4.07. The van der Waals surface area contributed by atoms with Crippen molar-refractivity contribution in [2.75, 3.05) is 19.6 Å². The molecule has 1 heterocycles. The van der Waals surface area contributed by atoms with Crippen molar-refractivity contribution in [1.29, 1.82) is 0 Å². The monoisotopic (exact) mass is 390 g/mol. The van der Waals surface area contributed by atoms with Crippen molar-refractivity contribution in [1.82, 2.24) is 10.2 Å². The van der Waals surface area contributed by atoms with Crippen molar-refractivity contribution in [2.24, 2.45) is 5.92 Å². The lowest BCUT2D eigenvalue weighted by atomic mass is 9.70. The molecule has 0 radical (unpaired) electrons. The lowest BCUT2D eigenvalue weighted by Gasteiger charge is -2.45. The molecule has 2 aromatic carbocycles. The number of benzene rings is 2. The lowest BCUT2D eigenvalue weighted by molar-refractivity contribution is 0.165. The lowest BCUT2D eigenvalue weighted by Crippen LogP contribution is -2.52. The molecule has 0 amide bonds. The predicted molar refractivity (Wildman–Crippen MR) is 123 cm³/mol. The van der Waals surface area contributed by atoms with Crippen molar-refractivity contribution in [3.05, 3.63) is 71.3 Å². The first-order valence-electron chi connectivity index (χ1n) is 11.9. The molecule has 2 nitrogen and oxygen atoms in total. The third-order valence-corrected chi connectivity index (χ3v) is 7.22. The Bertz CT molecular complexity index is 750. The van der Waals surface area contributed by atoms with E-state index in [1.54, 1.807) is 11.1 Å². The van der Waals surface area contributed by atoms with Gasteiger partial charge in [0.1, 0.15) is 0 Å². The van der Waals surface area contributed by atoms with Gasteiger partial charge in [-0.2, -0.15) is 0 Å². The van der Waals surface area contributed by atoms with Gasteiger partial charge in [0.2, 0.25) is 0 Å². The third kappa shape index (κ3) is 4.75. The Hall–Kier alpha value is -1.64. The van der Waals surface area contributed by atoms with E-state index in [1.807, 2.05) is 0 Å². The van der Waals surface area contributed by atoms with Gasteiger partial charge in [0.05, 0.1) is 0 Å². The maximum Gasteiger partial charge on any atom is 0.0466 e. The minimum absolute atomic E-state index is 0.204. The van der Waals surface area contributed by atoms with Crippen molar-refractivity contribution < 1.29 is 0 Å². The summed E-state index contributed by atoms with van der Waals surface area (Å²) in [4.78, 5) is 2.66. The molecular weight excluding hydrogens is 352 g/mol. The van der Waals surface area contributed by atoms with Crippen molar-refractivity contribution >= 4 is 0 Å². The van der Waals surface area contributed by atoms with Crippen LogP contribution in [0.3, 0.4) is 0 Å². The molecule has 1 saturated carbocycles. The van der Waals surface area contributed by atoms with Crippen LogP contribution in [0, 0.1) is 5.92 Å². The zero-order valence-electron chi connectivity index (χ0n) is 18.2. The number of fused-ring (bicyclic) bond motifs is 1. The molecule has 2 heteroatoms. The fourth-order valence-electron chi connectivity index (χ4n) is 5.91. The van der Waals surface area contributed by atoms with E-state index in [2.05, 4.69) is 71.7 Å². The highest BCUT2D eigenvalue weighted by Crippen LogP contribution is 2.46. The second kappa shape index (κ2) is 9.91. The minimum atomic E-state index is 0.204. The first-order chi connectivity index (χ1) is 14.3. The van der Waals surface area contributed by atoms with E-state index in [4.69, 9.17) is 0 Å². The van der Waals surface area contributed by atoms with Crippen LogP contribution in [0.4, 0.5) is 0 Å². The number of hydrogen-bond acceptors (Lipinski definition) is 2. The van der Waals surface area contributed by atoms with Crippen LogP contribution in [-0.4, -0.2) is 24.5 Å². The number of nitrogens with zero attached hydrogens (tertiary/aromatic N) is 1. The molecule has 156 valence electrons. The Morgan fingerprint density at radius 1 is 0.966 bits per heavy atom. The fourth-order valence-corrected chi connectivity index (χ4v) is 5.91. The molecule has 1 N–H and O–H groups in total. The highest BCUT2D eigenvalue weighted by atomic mass is 15.1. The first-order valence-corrected chi connectivity index (χ1v) is 11.9. The topological polar surface area (TPSA) is 15.3 Å². The summed E-state index contributed by atoms with van der Waals surface area (Å²) < 4.78 is 0. The zero-order valence-corrected chi connectivity index (χ0v) is 18.2. The van der Waals surface area contributed by atoms with Crippen LogP contribution in [0.15, 0.2) is 54.6 Å². The highest BCUT2D eigenvalue weighted by molar-refractivity contribution is 5.37. The summed E-state index contributed by atoms with van der Waals surface area (Å²) in [5.74, 6) is 0.803. The maximum atomic E-state index is 4.07. The Morgan fingerprint density at radius 3 is 2.52 bits per heavy atom. The largest absolute Gasteiger partial charge is 0.307 e. The van der Waals surface area contributed by atoms with Crippen LogP contribution in [0.5, 0.6) is 0 Å². The van der Waals surface area contributed by atoms with Gasteiger partial charge in [0.15, 0.2) is 0 Å². The van der Waals surface area contributed by atoms with Gasteiger partial charge in [-0.25, -0.2) is 0 Å². The van der Waals surface area contributed by atoms with E-state index in [-0.39, 0.29) is 5.54 Å².